The standard InChI is InChI=1S/C23H22N2O3/c1-3-28-23(27)22-16(2)25(15-18-9-7-8-17(12-18)14-24)21(26)13-20(22)19-10-5-4-6-11-19/h4-12,20H,3,13,15H2,1-2H3. The van der Waals surface area contributed by atoms with E-state index in [2.05, 4.69) is 6.07 Å². The van der Waals surface area contributed by atoms with Gasteiger partial charge < -0.3 is 9.64 Å². The first-order valence-corrected chi connectivity index (χ1v) is 9.27. The zero-order chi connectivity index (χ0) is 20.1. The Labute approximate surface area is 164 Å². The first-order chi connectivity index (χ1) is 13.5. The maximum Gasteiger partial charge on any atom is 0.336 e. The van der Waals surface area contributed by atoms with E-state index in [9.17, 15) is 9.59 Å². The molecule has 142 valence electrons. The quantitative estimate of drug-likeness (QED) is 0.744. The number of hydrogen-bond donors (Lipinski definition) is 0. The SMILES string of the molecule is CCOC(=O)C1=C(C)N(Cc2cccc(C#N)c2)C(=O)CC1c1ccccc1. The molecule has 0 fully saturated rings. The molecule has 5 heteroatoms. The van der Waals surface area contributed by atoms with E-state index in [-0.39, 0.29) is 24.9 Å². The van der Waals surface area contributed by atoms with Crippen LogP contribution >= 0.6 is 0 Å². The first-order valence-electron chi connectivity index (χ1n) is 9.27. The maximum absolute atomic E-state index is 12.9. The molecule has 1 heterocycles. The molecule has 0 saturated carbocycles. The summed E-state index contributed by atoms with van der Waals surface area (Å²) in [5, 5.41) is 9.11. The van der Waals surface area contributed by atoms with Crippen LogP contribution in [0, 0.1) is 11.3 Å². The van der Waals surface area contributed by atoms with Crippen molar-refractivity contribution in [3.63, 3.8) is 0 Å². The van der Waals surface area contributed by atoms with E-state index in [4.69, 9.17) is 10.00 Å². The lowest BCUT2D eigenvalue weighted by atomic mass is 9.83. The highest BCUT2D eigenvalue weighted by Crippen LogP contribution is 2.37. The molecular formula is C23H22N2O3. The second kappa shape index (κ2) is 8.53. The van der Waals surface area contributed by atoms with E-state index in [1.165, 1.54) is 0 Å². The number of esters is 1. The van der Waals surface area contributed by atoms with Gasteiger partial charge in [-0.05, 0) is 37.1 Å². The molecule has 28 heavy (non-hydrogen) atoms. The summed E-state index contributed by atoms with van der Waals surface area (Å²) in [6.07, 6.45) is 0.202. The molecule has 1 unspecified atom stereocenters. The highest BCUT2D eigenvalue weighted by atomic mass is 16.5. The van der Waals surface area contributed by atoms with Crippen molar-refractivity contribution >= 4 is 11.9 Å². The fourth-order valence-electron chi connectivity index (χ4n) is 3.57. The van der Waals surface area contributed by atoms with Crippen molar-refractivity contribution in [1.29, 1.82) is 5.26 Å². The molecule has 2 aromatic rings. The third-order valence-electron chi connectivity index (χ3n) is 4.92. The number of allylic oxidation sites excluding steroid dienone is 1. The number of benzene rings is 2. The van der Waals surface area contributed by atoms with Gasteiger partial charge in [-0.3, -0.25) is 4.79 Å². The van der Waals surface area contributed by atoms with Gasteiger partial charge in [0.25, 0.3) is 0 Å². The molecule has 0 radical (unpaired) electrons. The zero-order valence-electron chi connectivity index (χ0n) is 16.0. The van der Waals surface area contributed by atoms with E-state index in [1.54, 1.807) is 36.9 Å². The number of nitrogens with zero attached hydrogens (tertiary/aromatic N) is 2. The maximum atomic E-state index is 12.9. The van der Waals surface area contributed by atoms with Crippen LogP contribution in [0.2, 0.25) is 0 Å². The summed E-state index contributed by atoms with van der Waals surface area (Å²) in [6, 6.07) is 18.8. The number of rotatable bonds is 5. The molecule has 0 aromatic heterocycles. The summed E-state index contributed by atoms with van der Waals surface area (Å²) in [6.45, 7) is 4.14. The van der Waals surface area contributed by atoms with E-state index < -0.39 is 5.97 Å². The van der Waals surface area contributed by atoms with E-state index in [0.717, 1.165) is 11.1 Å². The second-order valence-electron chi connectivity index (χ2n) is 6.68. The predicted molar refractivity (Wildman–Crippen MR) is 105 cm³/mol. The third-order valence-corrected chi connectivity index (χ3v) is 4.92. The minimum absolute atomic E-state index is 0.0539. The monoisotopic (exact) mass is 374 g/mol. The molecule has 0 N–H and O–H groups in total. The molecule has 0 saturated heterocycles. The number of carbonyl (C=O) groups is 2. The Morgan fingerprint density at radius 2 is 1.96 bits per heavy atom. The number of amides is 1. The predicted octanol–water partition coefficient (Wildman–Crippen LogP) is 3.91. The summed E-state index contributed by atoms with van der Waals surface area (Å²) in [7, 11) is 0. The number of ether oxygens (including phenoxy) is 1. The lowest BCUT2D eigenvalue weighted by Crippen LogP contribution is -2.38. The second-order valence-corrected chi connectivity index (χ2v) is 6.68. The van der Waals surface area contributed by atoms with Gasteiger partial charge >= 0.3 is 5.97 Å². The first kappa shape index (κ1) is 19.4. The highest BCUT2D eigenvalue weighted by molar-refractivity contribution is 5.95. The largest absolute Gasteiger partial charge is 0.463 e. The molecule has 1 amide bonds. The normalized spacial score (nSPS) is 16.7. The van der Waals surface area contributed by atoms with Crippen molar-refractivity contribution in [2.24, 2.45) is 0 Å². The van der Waals surface area contributed by atoms with Crippen molar-refractivity contribution in [3.05, 3.63) is 82.6 Å². The Hall–Kier alpha value is -3.39. The Morgan fingerprint density at radius 1 is 1.21 bits per heavy atom. The van der Waals surface area contributed by atoms with Crippen LogP contribution < -0.4 is 0 Å². The fourth-order valence-corrected chi connectivity index (χ4v) is 3.57. The Bertz CT molecular complexity index is 957. The fraction of sp³-hybridized carbons (Fsp3) is 0.261. The van der Waals surface area contributed by atoms with Crippen molar-refractivity contribution in [2.75, 3.05) is 6.61 Å². The minimum Gasteiger partial charge on any atom is -0.463 e. The van der Waals surface area contributed by atoms with Crippen molar-refractivity contribution in [3.8, 4) is 6.07 Å². The van der Waals surface area contributed by atoms with Gasteiger partial charge in [0.1, 0.15) is 0 Å². The lowest BCUT2D eigenvalue weighted by Gasteiger charge is -2.34. The zero-order valence-corrected chi connectivity index (χ0v) is 16.0. The molecule has 5 nitrogen and oxygen atoms in total. The average Bonchev–Trinajstić information content (AvgIpc) is 2.71. The molecule has 2 aromatic carbocycles. The van der Waals surface area contributed by atoms with Crippen molar-refractivity contribution in [2.45, 2.75) is 32.7 Å². The van der Waals surface area contributed by atoms with Gasteiger partial charge in [-0.25, -0.2) is 4.79 Å². The Kier molecular flexibility index (Phi) is 5.90. The average molecular weight is 374 g/mol. The molecule has 1 aliphatic rings. The van der Waals surface area contributed by atoms with Crippen molar-refractivity contribution in [1.82, 2.24) is 4.90 Å². The third kappa shape index (κ3) is 3.96. The van der Waals surface area contributed by atoms with Crippen LogP contribution in [-0.2, 0) is 20.9 Å². The van der Waals surface area contributed by atoms with Crippen LogP contribution in [0.25, 0.3) is 0 Å². The van der Waals surface area contributed by atoms with Gasteiger partial charge in [-0.1, -0.05) is 42.5 Å². The summed E-state index contributed by atoms with van der Waals surface area (Å²) < 4.78 is 5.30. The summed E-state index contributed by atoms with van der Waals surface area (Å²) in [5.41, 5.74) is 3.42. The smallest absolute Gasteiger partial charge is 0.336 e. The van der Waals surface area contributed by atoms with Crippen LogP contribution in [0.5, 0.6) is 0 Å². The molecular weight excluding hydrogens is 352 g/mol. The molecule has 3 rings (SSSR count). The number of carbonyl (C=O) groups excluding carboxylic acids is 2. The number of hydrogen-bond acceptors (Lipinski definition) is 4. The Balaban J connectivity index is 2.02. The van der Waals surface area contributed by atoms with Crippen LogP contribution in [0.15, 0.2) is 65.9 Å². The molecule has 0 spiro atoms. The van der Waals surface area contributed by atoms with Gasteiger partial charge in [0.2, 0.25) is 5.91 Å². The highest BCUT2D eigenvalue weighted by Gasteiger charge is 2.36. The van der Waals surface area contributed by atoms with Crippen molar-refractivity contribution < 1.29 is 14.3 Å². The van der Waals surface area contributed by atoms with E-state index >= 15 is 0 Å². The van der Waals surface area contributed by atoms with Crippen LogP contribution in [0.1, 0.15) is 42.9 Å². The van der Waals surface area contributed by atoms with Gasteiger partial charge in [0.05, 0.1) is 30.4 Å². The van der Waals surface area contributed by atoms with Crippen LogP contribution in [0.4, 0.5) is 0 Å². The van der Waals surface area contributed by atoms with E-state index in [0.29, 0.717) is 23.4 Å². The van der Waals surface area contributed by atoms with Gasteiger partial charge in [0, 0.05) is 18.0 Å². The minimum atomic E-state index is -0.392. The van der Waals surface area contributed by atoms with Gasteiger partial charge in [-0.2, -0.15) is 5.26 Å². The molecule has 0 bridgehead atoms. The van der Waals surface area contributed by atoms with E-state index in [1.807, 2.05) is 36.4 Å². The van der Waals surface area contributed by atoms with Crippen LogP contribution in [-0.4, -0.2) is 23.4 Å². The van der Waals surface area contributed by atoms with Gasteiger partial charge in [-0.15, -0.1) is 0 Å². The number of nitriles is 1. The van der Waals surface area contributed by atoms with Gasteiger partial charge in [0.15, 0.2) is 0 Å². The molecule has 0 aliphatic carbocycles. The topological polar surface area (TPSA) is 70.4 Å². The van der Waals surface area contributed by atoms with Crippen LogP contribution in [0.3, 0.4) is 0 Å². The Morgan fingerprint density at radius 3 is 2.64 bits per heavy atom. The molecule has 1 aliphatic heterocycles. The lowest BCUT2D eigenvalue weighted by molar-refractivity contribution is -0.140. The summed E-state index contributed by atoms with van der Waals surface area (Å²) in [5.74, 6) is -0.770. The summed E-state index contributed by atoms with van der Waals surface area (Å²) in [4.78, 5) is 27.3. The summed E-state index contributed by atoms with van der Waals surface area (Å²) >= 11 is 0. The molecule has 1 atom stereocenters.